The maximum Gasteiger partial charge on any atom is 0.266 e. The molecule has 2 aromatic carbocycles. The zero-order valence-electron chi connectivity index (χ0n) is 16.8. The number of carbonyl (C=O) groups is 1. The summed E-state index contributed by atoms with van der Waals surface area (Å²) in [6.45, 7) is 5.98. The van der Waals surface area contributed by atoms with Crippen molar-refractivity contribution in [2.45, 2.75) is 32.8 Å². The molecule has 1 aromatic heterocycles. The van der Waals surface area contributed by atoms with Crippen molar-refractivity contribution in [3.63, 3.8) is 0 Å². The SMILES string of the molecule is CC1CCN(c2cc(NC(=O)C(C)Oc3cccc4ccccc34)ncn2)CC1. The number of hydrogen-bond donors (Lipinski definition) is 1. The number of benzene rings is 2. The van der Waals surface area contributed by atoms with Crippen LogP contribution in [0.3, 0.4) is 0 Å². The lowest BCUT2D eigenvalue weighted by atomic mass is 9.99. The van der Waals surface area contributed by atoms with Crippen LogP contribution < -0.4 is 15.0 Å². The standard InChI is InChI=1S/C23H26N4O2/c1-16-10-12-27(13-11-16)22-14-21(24-15-25-22)26-23(28)17(2)29-20-9-5-7-18-6-3-4-8-19(18)20/h3-9,14-17H,10-13H2,1-2H3,(H,24,25,26,28). The Morgan fingerprint density at radius 1 is 1.14 bits per heavy atom. The van der Waals surface area contributed by atoms with Crippen molar-refractivity contribution in [3.8, 4) is 5.75 Å². The molecule has 1 fully saturated rings. The van der Waals surface area contributed by atoms with Gasteiger partial charge in [-0.3, -0.25) is 4.79 Å². The number of fused-ring (bicyclic) bond motifs is 1. The van der Waals surface area contributed by atoms with Gasteiger partial charge in [-0.2, -0.15) is 0 Å². The molecule has 150 valence electrons. The molecule has 3 aromatic rings. The van der Waals surface area contributed by atoms with Gasteiger partial charge in [0.1, 0.15) is 23.7 Å². The van der Waals surface area contributed by atoms with E-state index in [4.69, 9.17) is 4.74 Å². The van der Waals surface area contributed by atoms with E-state index in [-0.39, 0.29) is 5.91 Å². The van der Waals surface area contributed by atoms with Crippen LogP contribution in [0.25, 0.3) is 10.8 Å². The second-order valence-electron chi connectivity index (χ2n) is 7.66. The van der Waals surface area contributed by atoms with E-state index >= 15 is 0 Å². The summed E-state index contributed by atoms with van der Waals surface area (Å²) in [7, 11) is 0. The van der Waals surface area contributed by atoms with Crippen molar-refractivity contribution in [2.75, 3.05) is 23.3 Å². The van der Waals surface area contributed by atoms with Crippen LogP contribution in [0, 0.1) is 5.92 Å². The Balaban J connectivity index is 1.43. The highest BCUT2D eigenvalue weighted by Gasteiger charge is 2.19. The van der Waals surface area contributed by atoms with E-state index in [1.165, 1.54) is 6.33 Å². The predicted molar refractivity (Wildman–Crippen MR) is 115 cm³/mol. The molecule has 0 aliphatic carbocycles. The molecule has 1 aliphatic heterocycles. The van der Waals surface area contributed by atoms with Gasteiger partial charge in [0.15, 0.2) is 6.10 Å². The van der Waals surface area contributed by atoms with E-state index in [1.54, 1.807) is 6.92 Å². The molecule has 1 aliphatic rings. The number of nitrogens with zero attached hydrogens (tertiary/aromatic N) is 3. The summed E-state index contributed by atoms with van der Waals surface area (Å²) >= 11 is 0. The second-order valence-corrected chi connectivity index (χ2v) is 7.66. The number of ether oxygens (including phenoxy) is 1. The molecule has 4 rings (SSSR count). The quantitative estimate of drug-likeness (QED) is 0.705. The number of aromatic nitrogens is 2. The Morgan fingerprint density at radius 2 is 1.90 bits per heavy atom. The van der Waals surface area contributed by atoms with Gasteiger partial charge >= 0.3 is 0 Å². The van der Waals surface area contributed by atoms with Gasteiger partial charge in [0.05, 0.1) is 0 Å². The molecule has 29 heavy (non-hydrogen) atoms. The van der Waals surface area contributed by atoms with E-state index in [2.05, 4.69) is 27.1 Å². The van der Waals surface area contributed by atoms with Gasteiger partial charge in [-0.1, -0.05) is 43.3 Å². The van der Waals surface area contributed by atoms with Crippen molar-refractivity contribution in [1.82, 2.24) is 9.97 Å². The fourth-order valence-electron chi connectivity index (χ4n) is 3.60. The number of anilines is 2. The Kier molecular flexibility index (Phi) is 5.60. The molecular weight excluding hydrogens is 364 g/mol. The van der Waals surface area contributed by atoms with Gasteiger partial charge in [0, 0.05) is 24.5 Å². The second kappa shape index (κ2) is 8.47. The van der Waals surface area contributed by atoms with E-state index in [0.29, 0.717) is 11.6 Å². The van der Waals surface area contributed by atoms with E-state index in [0.717, 1.165) is 48.4 Å². The summed E-state index contributed by atoms with van der Waals surface area (Å²) in [5, 5.41) is 4.92. The summed E-state index contributed by atoms with van der Waals surface area (Å²) in [5.74, 6) is 2.54. The molecular formula is C23H26N4O2. The first kappa shape index (κ1) is 19.2. The number of amides is 1. The molecule has 1 unspecified atom stereocenters. The van der Waals surface area contributed by atoms with Crippen LogP contribution in [0.2, 0.25) is 0 Å². The van der Waals surface area contributed by atoms with Gasteiger partial charge < -0.3 is 15.0 Å². The van der Waals surface area contributed by atoms with Crippen molar-refractivity contribution in [3.05, 3.63) is 54.9 Å². The lowest BCUT2D eigenvalue weighted by Gasteiger charge is -2.31. The molecule has 0 bridgehead atoms. The van der Waals surface area contributed by atoms with Gasteiger partial charge in [-0.25, -0.2) is 9.97 Å². The molecule has 1 N–H and O–H groups in total. The zero-order chi connectivity index (χ0) is 20.2. The summed E-state index contributed by atoms with van der Waals surface area (Å²) < 4.78 is 5.95. The number of nitrogens with one attached hydrogen (secondary N) is 1. The van der Waals surface area contributed by atoms with Crippen LogP contribution in [0.4, 0.5) is 11.6 Å². The van der Waals surface area contributed by atoms with Crippen molar-refractivity contribution in [1.29, 1.82) is 0 Å². The van der Waals surface area contributed by atoms with Crippen LogP contribution in [0.5, 0.6) is 5.75 Å². The molecule has 0 saturated carbocycles. The van der Waals surface area contributed by atoms with Crippen LogP contribution in [0.15, 0.2) is 54.9 Å². The van der Waals surface area contributed by atoms with Crippen LogP contribution in [-0.4, -0.2) is 35.1 Å². The summed E-state index contributed by atoms with van der Waals surface area (Å²) in [5.41, 5.74) is 0. The van der Waals surface area contributed by atoms with Crippen LogP contribution >= 0.6 is 0 Å². The predicted octanol–water partition coefficient (Wildman–Crippen LogP) is 4.27. The smallest absolute Gasteiger partial charge is 0.266 e. The zero-order valence-corrected chi connectivity index (χ0v) is 16.8. The third kappa shape index (κ3) is 4.47. The summed E-state index contributed by atoms with van der Waals surface area (Å²) in [6.07, 6.45) is 3.15. The third-order valence-corrected chi connectivity index (χ3v) is 5.43. The van der Waals surface area contributed by atoms with Crippen molar-refractivity contribution >= 4 is 28.3 Å². The Labute approximate surface area is 170 Å². The van der Waals surface area contributed by atoms with Crippen molar-refractivity contribution < 1.29 is 9.53 Å². The molecule has 2 heterocycles. The average molecular weight is 390 g/mol. The Morgan fingerprint density at radius 3 is 2.72 bits per heavy atom. The molecule has 1 amide bonds. The first-order chi connectivity index (χ1) is 14.1. The highest BCUT2D eigenvalue weighted by molar-refractivity contribution is 5.94. The maximum atomic E-state index is 12.7. The first-order valence-electron chi connectivity index (χ1n) is 10.1. The number of piperidine rings is 1. The van der Waals surface area contributed by atoms with E-state index in [9.17, 15) is 4.79 Å². The Bertz CT molecular complexity index is 994. The number of carbonyl (C=O) groups excluding carboxylic acids is 1. The molecule has 0 spiro atoms. The number of hydrogen-bond acceptors (Lipinski definition) is 5. The largest absolute Gasteiger partial charge is 0.480 e. The fraction of sp³-hybridized carbons (Fsp3) is 0.348. The minimum absolute atomic E-state index is 0.241. The maximum absolute atomic E-state index is 12.7. The number of rotatable bonds is 5. The average Bonchev–Trinajstić information content (AvgIpc) is 2.74. The van der Waals surface area contributed by atoms with E-state index in [1.807, 2.05) is 48.5 Å². The Hall–Kier alpha value is -3.15. The van der Waals surface area contributed by atoms with Crippen LogP contribution in [0.1, 0.15) is 26.7 Å². The monoisotopic (exact) mass is 390 g/mol. The van der Waals surface area contributed by atoms with Gasteiger partial charge in [0.25, 0.3) is 5.91 Å². The van der Waals surface area contributed by atoms with Crippen LogP contribution in [-0.2, 0) is 4.79 Å². The topological polar surface area (TPSA) is 67.4 Å². The van der Waals surface area contributed by atoms with Crippen molar-refractivity contribution in [2.24, 2.45) is 5.92 Å². The summed E-state index contributed by atoms with van der Waals surface area (Å²) in [4.78, 5) is 23.5. The molecule has 1 atom stereocenters. The first-order valence-corrected chi connectivity index (χ1v) is 10.1. The van der Waals surface area contributed by atoms with Gasteiger partial charge in [-0.15, -0.1) is 0 Å². The van der Waals surface area contributed by atoms with Gasteiger partial charge in [-0.05, 0) is 37.1 Å². The van der Waals surface area contributed by atoms with E-state index < -0.39 is 6.10 Å². The minimum Gasteiger partial charge on any atom is -0.480 e. The third-order valence-electron chi connectivity index (χ3n) is 5.43. The molecule has 6 heteroatoms. The highest BCUT2D eigenvalue weighted by atomic mass is 16.5. The fourth-order valence-corrected chi connectivity index (χ4v) is 3.60. The summed E-state index contributed by atoms with van der Waals surface area (Å²) in [6, 6.07) is 15.6. The highest BCUT2D eigenvalue weighted by Crippen LogP contribution is 2.26. The normalized spacial score (nSPS) is 15.9. The molecule has 0 radical (unpaired) electrons. The molecule has 1 saturated heterocycles. The minimum atomic E-state index is -0.657. The lowest BCUT2D eigenvalue weighted by Crippen LogP contribution is -2.34. The molecule has 6 nitrogen and oxygen atoms in total. The van der Waals surface area contributed by atoms with Gasteiger partial charge in [0.2, 0.25) is 0 Å². The lowest BCUT2D eigenvalue weighted by molar-refractivity contribution is -0.122.